The minimum absolute atomic E-state index is 0.0891. The molecule has 0 radical (unpaired) electrons. The average Bonchev–Trinajstić information content (AvgIpc) is 2.46. The maximum atomic E-state index is 5.06. The van der Waals surface area contributed by atoms with Crippen LogP contribution in [0.3, 0.4) is 0 Å². The van der Waals surface area contributed by atoms with E-state index in [9.17, 15) is 0 Å². The van der Waals surface area contributed by atoms with Crippen LogP contribution < -0.4 is 10.7 Å². The molecule has 0 amide bonds. The molecular formula is C7H6N2O2. The Morgan fingerprint density at radius 2 is 2.18 bits per heavy atom. The van der Waals surface area contributed by atoms with Crippen molar-refractivity contribution in [3.63, 3.8) is 0 Å². The number of rotatable bonds is 1. The standard InChI is InChI=1S/C7H6N2O2/c8-11-7-9-5-3-1-2-4-6(5)10-7/h1-4H,8H2. The molecule has 0 saturated carbocycles. The number of fused-ring (bicyclic) bond motifs is 1. The highest BCUT2D eigenvalue weighted by Crippen LogP contribution is 2.18. The zero-order valence-electron chi connectivity index (χ0n) is 5.65. The minimum Gasteiger partial charge on any atom is -0.408 e. The lowest BCUT2D eigenvalue weighted by atomic mass is 10.3. The lowest BCUT2D eigenvalue weighted by molar-refractivity contribution is 0.245. The SMILES string of the molecule is NOc1nc2ccccc2o1. The Morgan fingerprint density at radius 3 is 2.91 bits per heavy atom. The van der Waals surface area contributed by atoms with Crippen molar-refractivity contribution in [3.05, 3.63) is 24.3 Å². The van der Waals surface area contributed by atoms with Gasteiger partial charge in [-0.3, -0.25) is 0 Å². The van der Waals surface area contributed by atoms with Crippen molar-refractivity contribution in [1.29, 1.82) is 0 Å². The van der Waals surface area contributed by atoms with E-state index in [1.54, 1.807) is 6.07 Å². The molecule has 0 unspecified atom stereocenters. The predicted molar refractivity (Wildman–Crippen MR) is 38.8 cm³/mol. The summed E-state index contributed by atoms with van der Waals surface area (Å²) >= 11 is 0. The zero-order valence-corrected chi connectivity index (χ0v) is 5.65. The topological polar surface area (TPSA) is 61.3 Å². The van der Waals surface area contributed by atoms with Gasteiger partial charge in [-0.2, -0.15) is 10.9 Å². The van der Waals surface area contributed by atoms with Gasteiger partial charge in [0.15, 0.2) is 5.58 Å². The molecule has 2 N–H and O–H groups in total. The molecule has 0 atom stereocenters. The molecule has 1 heterocycles. The molecule has 0 aliphatic carbocycles. The summed E-state index contributed by atoms with van der Waals surface area (Å²) in [7, 11) is 0. The number of benzene rings is 1. The molecule has 1 aromatic carbocycles. The van der Waals surface area contributed by atoms with Gasteiger partial charge in [-0.1, -0.05) is 12.1 Å². The first-order chi connectivity index (χ1) is 5.40. The number of nitrogens with two attached hydrogens (primary N) is 1. The average molecular weight is 150 g/mol. The quantitative estimate of drug-likeness (QED) is 0.618. The zero-order chi connectivity index (χ0) is 7.68. The highest BCUT2D eigenvalue weighted by molar-refractivity contribution is 5.72. The van der Waals surface area contributed by atoms with Crippen molar-refractivity contribution < 1.29 is 9.25 Å². The Balaban J connectivity index is 2.69. The largest absolute Gasteiger partial charge is 0.414 e. The summed E-state index contributed by atoms with van der Waals surface area (Å²) in [4.78, 5) is 8.24. The summed E-state index contributed by atoms with van der Waals surface area (Å²) in [6, 6.07) is 7.34. The second-order valence-electron chi connectivity index (χ2n) is 2.07. The molecule has 2 aromatic rings. The van der Waals surface area contributed by atoms with Gasteiger partial charge in [0.25, 0.3) is 0 Å². The van der Waals surface area contributed by atoms with Gasteiger partial charge in [0.1, 0.15) is 5.52 Å². The summed E-state index contributed by atoms with van der Waals surface area (Å²) in [5.41, 5.74) is 1.42. The highest BCUT2D eigenvalue weighted by Gasteiger charge is 2.02. The van der Waals surface area contributed by atoms with Gasteiger partial charge in [-0.05, 0) is 12.1 Å². The summed E-state index contributed by atoms with van der Waals surface area (Å²) in [5, 5.41) is 0. The van der Waals surface area contributed by atoms with E-state index < -0.39 is 0 Å². The van der Waals surface area contributed by atoms with Crippen LogP contribution in [-0.4, -0.2) is 4.98 Å². The van der Waals surface area contributed by atoms with E-state index >= 15 is 0 Å². The van der Waals surface area contributed by atoms with Gasteiger partial charge in [0.2, 0.25) is 0 Å². The van der Waals surface area contributed by atoms with E-state index in [0.717, 1.165) is 5.52 Å². The summed E-state index contributed by atoms with van der Waals surface area (Å²) in [5.74, 6) is 4.86. The highest BCUT2D eigenvalue weighted by atomic mass is 16.7. The lowest BCUT2D eigenvalue weighted by Gasteiger charge is -1.83. The third kappa shape index (κ3) is 0.929. The monoisotopic (exact) mass is 150 g/mol. The number of hydrogen-bond acceptors (Lipinski definition) is 4. The summed E-state index contributed by atoms with van der Waals surface area (Å²) < 4.78 is 5.06. The van der Waals surface area contributed by atoms with E-state index in [2.05, 4.69) is 9.82 Å². The van der Waals surface area contributed by atoms with Crippen LogP contribution in [0.1, 0.15) is 0 Å². The van der Waals surface area contributed by atoms with Crippen LogP contribution in [0, 0.1) is 0 Å². The molecule has 11 heavy (non-hydrogen) atoms. The number of aromatic nitrogens is 1. The molecule has 0 saturated heterocycles. The van der Waals surface area contributed by atoms with E-state index in [-0.39, 0.29) is 6.08 Å². The first kappa shape index (κ1) is 6.18. The fourth-order valence-corrected chi connectivity index (χ4v) is 0.901. The Bertz CT molecular complexity index is 336. The lowest BCUT2D eigenvalue weighted by Crippen LogP contribution is -2.01. The fraction of sp³-hybridized carbons (Fsp3) is 0. The minimum atomic E-state index is 0.0891. The van der Waals surface area contributed by atoms with Crippen molar-refractivity contribution in [3.8, 4) is 6.08 Å². The van der Waals surface area contributed by atoms with Crippen LogP contribution in [0.5, 0.6) is 6.08 Å². The number of hydrogen-bond donors (Lipinski definition) is 1. The Labute approximate surface area is 62.5 Å². The van der Waals surface area contributed by atoms with E-state index in [1.807, 2.05) is 18.2 Å². The second-order valence-corrected chi connectivity index (χ2v) is 2.07. The van der Waals surface area contributed by atoms with Gasteiger partial charge in [0.05, 0.1) is 0 Å². The number of para-hydroxylation sites is 2. The smallest absolute Gasteiger partial charge is 0.408 e. The molecule has 0 fully saturated rings. The van der Waals surface area contributed by atoms with Crippen molar-refractivity contribution in [2.24, 2.45) is 5.90 Å². The third-order valence-corrected chi connectivity index (χ3v) is 1.38. The maximum Gasteiger partial charge on any atom is 0.414 e. The third-order valence-electron chi connectivity index (χ3n) is 1.38. The fourth-order valence-electron chi connectivity index (χ4n) is 0.901. The van der Waals surface area contributed by atoms with Crippen LogP contribution in [0.15, 0.2) is 28.7 Å². The normalized spacial score (nSPS) is 10.3. The van der Waals surface area contributed by atoms with Crippen LogP contribution in [0.4, 0.5) is 0 Å². The molecule has 0 spiro atoms. The van der Waals surface area contributed by atoms with Crippen LogP contribution in [-0.2, 0) is 0 Å². The molecule has 0 aliphatic heterocycles. The Kier molecular flexibility index (Phi) is 1.26. The van der Waals surface area contributed by atoms with Crippen molar-refractivity contribution in [1.82, 2.24) is 4.98 Å². The van der Waals surface area contributed by atoms with E-state index in [0.29, 0.717) is 5.58 Å². The van der Waals surface area contributed by atoms with Gasteiger partial charge < -0.3 is 9.25 Å². The molecule has 0 bridgehead atoms. The molecule has 1 aromatic heterocycles. The Morgan fingerprint density at radius 1 is 1.36 bits per heavy atom. The van der Waals surface area contributed by atoms with Crippen molar-refractivity contribution in [2.45, 2.75) is 0 Å². The maximum absolute atomic E-state index is 5.06. The van der Waals surface area contributed by atoms with E-state index in [1.165, 1.54) is 0 Å². The first-order valence-corrected chi connectivity index (χ1v) is 3.12. The van der Waals surface area contributed by atoms with Gasteiger partial charge in [0, 0.05) is 0 Å². The molecule has 4 nitrogen and oxygen atoms in total. The number of oxazole rings is 1. The molecule has 0 aliphatic rings. The van der Waals surface area contributed by atoms with Crippen molar-refractivity contribution in [2.75, 3.05) is 0 Å². The van der Waals surface area contributed by atoms with Crippen molar-refractivity contribution >= 4 is 11.1 Å². The van der Waals surface area contributed by atoms with Crippen LogP contribution in [0.2, 0.25) is 0 Å². The Hall–Kier alpha value is -1.55. The number of nitrogens with zero attached hydrogens (tertiary/aromatic N) is 1. The van der Waals surface area contributed by atoms with E-state index in [4.69, 9.17) is 10.3 Å². The molecular weight excluding hydrogens is 144 g/mol. The molecule has 2 rings (SSSR count). The first-order valence-electron chi connectivity index (χ1n) is 3.12. The van der Waals surface area contributed by atoms with Gasteiger partial charge in [-0.25, -0.2) is 0 Å². The van der Waals surface area contributed by atoms with Gasteiger partial charge >= 0.3 is 6.08 Å². The molecule has 56 valence electrons. The molecule has 4 heteroatoms. The van der Waals surface area contributed by atoms with Gasteiger partial charge in [-0.15, -0.1) is 0 Å². The predicted octanol–water partition coefficient (Wildman–Crippen LogP) is 1.08. The van der Waals surface area contributed by atoms with Crippen LogP contribution in [0.25, 0.3) is 11.1 Å². The summed E-state index contributed by atoms with van der Waals surface area (Å²) in [6.45, 7) is 0. The van der Waals surface area contributed by atoms with Crippen LogP contribution >= 0.6 is 0 Å². The summed E-state index contributed by atoms with van der Waals surface area (Å²) in [6.07, 6.45) is 0.0891. The second kappa shape index (κ2) is 2.25.